The lowest BCUT2D eigenvalue weighted by Gasteiger charge is -2.36. The summed E-state index contributed by atoms with van der Waals surface area (Å²) in [5.41, 5.74) is 0.0854. The lowest BCUT2D eigenvalue weighted by molar-refractivity contribution is -0.128. The number of benzene rings is 2. The Labute approximate surface area is 295 Å². The zero-order valence-corrected chi connectivity index (χ0v) is 31.6. The van der Waals surface area contributed by atoms with E-state index in [0.717, 1.165) is 22.3 Å². The first-order valence-electron chi connectivity index (χ1n) is 17.8. The van der Waals surface area contributed by atoms with E-state index < -0.39 is 45.9 Å². The molecule has 0 aromatic heterocycles. The van der Waals surface area contributed by atoms with Crippen molar-refractivity contribution in [2.24, 2.45) is 10.8 Å². The Morgan fingerprint density at radius 1 is 0.560 bits per heavy atom. The summed E-state index contributed by atoms with van der Waals surface area (Å²) in [6.45, 7) is 24.4. The second kappa shape index (κ2) is 10.4. The molecule has 2 aromatic rings. The first kappa shape index (κ1) is 34.6. The molecule has 50 heavy (non-hydrogen) atoms. The lowest BCUT2D eigenvalue weighted by Crippen LogP contribution is -2.47. The molecule has 2 spiro atoms. The van der Waals surface area contributed by atoms with Crippen LogP contribution in [0.3, 0.4) is 0 Å². The van der Waals surface area contributed by atoms with Gasteiger partial charge in [0.05, 0.1) is 0 Å². The minimum absolute atomic E-state index is 0.0315. The standard InChI is InChI=1S/C44H50F2O4/c1-39(2,3)25-13-23-19-43-21-28(42(10,11)12)18-32(38(43)48)34(46)30-16-26(40(4,5)6)14-24-20-44(50-36(24)30)22-27(41(7,8)9)17-31(37(44)47)33(45)29(15-25)35(23)49-43/h13-18,21-22,33-34H,19-20H2,1-12H3/t33-,34+,43+,44-. The van der Waals surface area contributed by atoms with E-state index in [1.165, 1.54) is 0 Å². The Balaban J connectivity index is 1.58. The number of Topliss-reactive ketones (excluding diaryl/α,β-unsaturated/α-hetero) is 2. The summed E-state index contributed by atoms with van der Waals surface area (Å²) < 4.78 is 48.8. The van der Waals surface area contributed by atoms with Crippen molar-refractivity contribution in [2.75, 3.05) is 0 Å². The predicted molar refractivity (Wildman–Crippen MR) is 193 cm³/mol. The molecular formula is C44H50F2O4. The van der Waals surface area contributed by atoms with E-state index in [2.05, 4.69) is 0 Å². The zero-order valence-electron chi connectivity index (χ0n) is 31.6. The number of ether oxygens (including phenoxy) is 2. The van der Waals surface area contributed by atoms with Crippen LogP contribution in [-0.2, 0) is 33.3 Å². The van der Waals surface area contributed by atoms with Crippen molar-refractivity contribution in [3.63, 3.8) is 0 Å². The topological polar surface area (TPSA) is 52.6 Å². The molecule has 6 heteroatoms. The van der Waals surface area contributed by atoms with Gasteiger partial charge in [0.25, 0.3) is 0 Å². The minimum atomic E-state index is -1.87. The van der Waals surface area contributed by atoms with Gasteiger partial charge in [-0.25, -0.2) is 8.78 Å². The number of hydrogen-bond donors (Lipinski definition) is 0. The molecule has 3 heterocycles. The van der Waals surface area contributed by atoms with E-state index in [4.69, 9.17) is 9.47 Å². The van der Waals surface area contributed by atoms with Crippen LogP contribution >= 0.6 is 0 Å². The average Bonchev–Trinajstić information content (AvgIpc) is 3.54. The molecule has 0 N–H and O–H groups in total. The number of carbonyl (C=O) groups is 2. The highest BCUT2D eigenvalue weighted by atomic mass is 19.1. The molecule has 0 amide bonds. The van der Waals surface area contributed by atoms with Crippen LogP contribution in [0, 0.1) is 10.8 Å². The Morgan fingerprint density at radius 2 is 0.900 bits per heavy atom. The van der Waals surface area contributed by atoms with Crippen molar-refractivity contribution in [1.82, 2.24) is 0 Å². The van der Waals surface area contributed by atoms with Crippen LogP contribution in [0.15, 0.2) is 70.9 Å². The van der Waals surface area contributed by atoms with Gasteiger partial charge in [0.2, 0.25) is 11.6 Å². The van der Waals surface area contributed by atoms with Gasteiger partial charge in [0, 0.05) is 35.1 Å². The van der Waals surface area contributed by atoms with Crippen molar-refractivity contribution in [2.45, 2.75) is 130 Å². The molecule has 4 atom stereocenters. The van der Waals surface area contributed by atoms with Crippen molar-refractivity contribution < 1.29 is 27.8 Å². The first-order valence-corrected chi connectivity index (χ1v) is 17.8. The number of alkyl halides is 2. The highest BCUT2D eigenvalue weighted by Gasteiger charge is 2.55. The lowest BCUT2D eigenvalue weighted by atomic mass is 9.72. The van der Waals surface area contributed by atoms with Crippen molar-refractivity contribution >= 4 is 11.6 Å². The number of allylic oxidation sites excluding steroid dienone is 4. The van der Waals surface area contributed by atoms with Gasteiger partial charge in [-0.15, -0.1) is 0 Å². The summed E-state index contributed by atoms with van der Waals surface area (Å²) in [4.78, 5) is 29.7. The van der Waals surface area contributed by atoms with Crippen LogP contribution in [0.2, 0.25) is 0 Å². The van der Waals surface area contributed by atoms with Crippen LogP contribution in [0.4, 0.5) is 8.78 Å². The molecule has 2 aromatic carbocycles. The second-order valence-corrected chi connectivity index (χ2v) is 19.2. The summed E-state index contributed by atoms with van der Waals surface area (Å²) in [6, 6.07) is 7.51. The van der Waals surface area contributed by atoms with E-state index in [9.17, 15) is 9.59 Å². The van der Waals surface area contributed by atoms with Crippen LogP contribution in [-0.4, -0.2) is 22.8 Å². The minimum Gasteiger partial charge on any atom is -0.474 e. The highest BCUT2D eigenvalue weighted by molar-refractivity contribution is 6.09. The predicted octanol–water partition coefficient (Wildman–Crippen LogP) is 10.3. The molecule has 7 rings (SSSR count). The van der Waals surface area contributed by atoms with Crippen molar-refractivity contribution in [3.05, 3.63) is 104 Å². The molecule has 0 saturated heterocycles. The quantitative estimate of drug-likeness (QED) is 0.278. The van der Waals surface area contributed by atoms with Gasteiger partial charge >= 0.3 is 0 Å². The van der Waals surface area contributed by atoms with Crippen LogP contribution in [0.1, 0.15) is 129 Å². The van der Waals surface area contributed by atoms with Gasteiger partial charge in [-0.2, -0.15) is 0 Å². The third-order valence-electron chi connectivity index (χ3n) is 11.1. The zero-order chi connectivity index (χ0) is 36.7. The SMILES string of the molecule is CC(C)(C)C1=C[C@]23Cc4cc(C(C)(C)C)cc(c4O2)[C@@H](F)C2=CC(C(C)(C)C)=C[C@]4(Cc5cc(C(C)(C)C)cc(c5O4)[C@H](F)C(=C1)C3=O)C2=O. The molecule has 2 aliphatic carbocycles. The van der Waals surface area contributed by atoms with Gasteiger partial charge in [-0.1, -0.05) is 95.2 Å². The number of fused-ring (bicyclic) bond motifs is 2. The third kappa shape index (κ3) is 5.18. The molecule has 0 unspecified atom stereocenters. The van der Waals surface area contributed by atoms with Gasteiger partial charge in [0.1, 0.15) is 11.5 Å². The van der Waals surface area contributed by atoms with Crippen LogP contribution in [0.5, 0.6) is 11.5 Å². The molecule has 0 fully saturated rings. The Hall–Kier alpha value is -3.80. The van der Waals surface area contributed by atoms with Gasteiger partial charge in [-0.05, 0) is 91.5 Å². The average molecular weight is 681 g/mol. The summed E-state index contributed by atoms with van der Waals surface area (Å²) in [5, 5.41) is 0. The number of carbonyl (C=O) groups excluding carboxylic acids is 2. The fraction of sp³-hybridized carbons (Fsp3) is 0.500. The molecule has 0 radical (unpaired) electrons. The van der Waals surface area contributed by atoms with Gasteiger partial charge in [-0.3, -0.25) is 9.59 Å². The number of rotatable bonds is 0. The highest BCUT2D eigenvalue weighted by Crippen LogP contribution is 2.55. The number of hydrogen-bond acceptors (Lipinski definition) is 4. The maximum atomic E-state index is 17.7. The maximum Gasteiger partial charge on any atom is 0.210 e. The normalized spacial score (nSPS) is 27.5. The van der Waals surface area contributed by atoms with E-state index in [0.29, 0.717) is 11.1 Å². The van der Waals surface area contributed by atoms with Gasteiger partial charge in [0.15, 0.2) is 23.5 Å². The summed E-state index contributed by atoms with van der Waals surface area (Å²) in [6.07, 6.45) is 3.46. The third-order valence-corrected chi connectivity index (χ3v) is 11.1. The molecular weight excluding hydrogens is 630 g/mol. The summed E-state index contributed by atoms with van der Waals surface area (Å²) in [7, 11) is 0. The van der Waals surface area contributed by atoms with E-state index >= 15 is 8.78 Å². The fourth-order valence-corrected chi connectivity index (χ4v) is 7.85. The molecule has 0 saturated carbocycles. The maximum absolute atomic E-state index is 17.7. The second-order valence-electron chi connectivity index (χ2n) is 19.2. The van der Waals surface area contributed by atoms with E-state index in [1.54, 1.807) is 24.3 Å². The number of ketones is 2. The summed E-state index contributed by atoms with van der Waals surface area (Å²) >= 11 is 0. The molecule has 3 aliphatic heterocycles. The Kier molecular flexibility index (Phi) is 7.20. The van der Waals surface area contributed by atoms with Crippen molar-refractivity contribution in [1.29, 1.82) is 0 Å². The monoisotopic (exact) mass is 680 g/mol. The van der Waals surface area contributed by atoms with Crippen molar-refractivity contribution in [3.8, 4) is 11.5 Å². The molecule has 4 nitrogen and oxygen atoms in total. The Bertz CT molecular complexity index is 1870. The van der Waals surface area contributed by atoms with Gasteiger partial charge < -0.3 is 9.47 Å². The molecule has 6 bridgehead atoms. The molecule has 5 aliphatic rings. The number of halogens is 2. The largest absolute Gasteiger partial charge is 0.474 e. The molecule has 264 valence electrons. The van der Waals surface area contributed by atoms with E-state index in [-0.39, 0.29) is 57.4 Å². The first-order chi connectivity index (χ1) is 22.8. The smallest absolute Gasteiger partial charge is 0.210 e. The Morgan fingerprint density at radius 3 is 1.20 bits per heavy atom. The summed E-state index contributed by atoms with van der Waals surface area (Å²) in [5.74, 6) is -0.485. The van der Waals surface area contributed by atoms with Crippen LogP contribution < -0.4 is 9.47 Å². The van der Waals surface area contributed by atoms with E-state index in [1.807, 2.05) is 107 Å². The fourth-order valence-electron chi connectivity index (χ4n) is 7.85. The van der Waals surface area contributed by atoms with Crippen LogP contribution in [0.25, 0.3) is 0 Å².